The normalized spacial score (nSPS) is 10.5. The van der Waals surface area contributed by atoms with E-state index in [-0.39, 0.29) is 5.82 Å². The maximum atomic E-state index is 13.3. The minimum atomic E-state index is -0.427. The van der Waals surface area contributed by atoms with E-state index >= 15 is 0 Å². The molecule has 0 unspecified atom stereocenters. The molecule has 0 saturated carbocycles. The van der Waals surface area contributed by atoms with Crippen molar-refractivity contribution in [3.05, 3.63) is 89.8 Å². The van der Waals surface area contributed by atoms with Crippen LogP contribution in [-0.4, -0.2) is 10.6 Å². The fourth-order valence-electron chi connectivity index (χ4n) is 2.51. The number of carbonyl (C=O) groups is 1. The Bertz CT molecular complexity index is 876. The Labute approximate surface area is 144 Å². The SMILES string of the molecule is O=C(NCc1cccn1Cc1cccc(F)c1)Nc1cccc(F)c1. The molecule has 2 N–H and O–H groups in total. The number of urea groups is 1. The van der Waals surface area contributed by atoms with Gasteiger partial charge in [-0.05, 0) is 48.0 Å². The van der Waals surface area contributed by atoms with Crippen LogP contribution in [0.3, 0.4) is 0 Å². The van der Waals surface area contributed by atoms with Gasteiger partial charge in [-0.25, -0.2) is 13.6 Å². The lowest BCUT2D eigenvalue weighted by atomic mass is 10.2. The lowest BCUT2D eigenvalue weighted by Crippen LogP contribution is -2.29. The summed E-state index contributed by atoms with van der Waals surface area (Å²) < 4.78 is 28.3. The number of carbonyl (C=O) groups excluding carboxylic acids is 1. The van der Waals surface area contributed by atoms with Gasteiger partial charge in [-0.15, -0.1) is 0 Å². The Morgan fingerprint density at radius 2 is 1.72 bits per heavy atom. The van der Waals surface area contributed by atoms with Crippen molar-refractivity contribution in [1.82, 2.24) is 9.88 Å². The minimum Gasteiger partial charge on any atom is -0.345 e. The molecule has 0 spiro atoms. The van der Waals surface area contributed by atoms with Gasteiger partial charge in [-0.1, -0.05) is 18.2 Å². The standard InChI is InChI=1S/C19H17F2N3O/c20-15-5-1-4-14(10-15)13-24-9-3-8-18(24)12-22-19(25)23-17-7-2-6-16(21)11-17/h1-11H,12-13H2,(H2,22,23,25). The molecule has 0 aliphatic carbocycles. The minimum absolute atomic E-state index is 0.279. The van der Waals surface area contributed by atoms with Gasteiger partial charge in [-0.2, -0.15) is 0 Å². The smallest absolute Gasteiger partial charge is 0.319 e. The van der Waals surface area contributed by atoms with Gasteiger partial charge in [0.15, 0.2) is 0 Å². The molecule has 2 amide bonds. The predicted octanol–water partition coefficient (Wildman–Crippen LogP) is 4.14. The van der Waals surface area contributed by atoms with Crippen LogP contribution in [0, 0.1) is 11.6 Å². The van der Waals surface area contributed by atoms with E-state index in [2.05, 4.69) is 10.6 Å². The van der Waals surface area contributed by atoms with Crippen LogP contribution in [0.4, 0.5) is 19.3 Å². The Hall–Kier alpha value is -3.15. The molecule has 0 aliphatic rings. The zero-order valence-corrected chi connectivity index (χ0v) is 13.4. The third-order valence-electron chi connectivity index (χ3n) is 3.68. The summed E-state index contributed by atoms with van der Waals surface area (Å²) in [4.78, 5) is 11.9. The highest BCUT2D eigenvalue weighted by atomic mass is 19.1. The summed E-state index contributed by atoms with van der Waals surface area (Å²) in [7, 11) is 0. The van der Waals surface area contributed by atoms with Crippen molar-refractivity contribution < 1.29 is 13.6 Å². The van der Waals surface area contributed by atoms with E-state index in [0.717, 1.165) is 11.3 Å². The molecule has 1 heterocycles. The van der Waals surface area contributed by atoms with Gasteiger partial charge < -0.3 is 15.2 Å². The molecular formula is C19H17F2N3O. The van der Waals surface area contributed by atoms with E-state index in [9.17, 15) is 13.6 Å². The second kappa shape index (κ2) is 7.61. The molecule has 6 heteroatoms. The fraction of sp³-hybridized carbons (Fsp3) is 0.105. The fourth-order valence-corrected chi connectivity index (χ4v) is 2.51. The average molecular weight is 341 g/mol. The van der Waals surface area contributed by atoms with Gasteiger partial charge >= 0.3 is 6.03 Å². The Morgan fingerprint density at radius 1 is 0.960 bits per heavy atom. The lowest BCUT2D eigenvalue weighted by molar-refractivity contribution is 0.251. The van der Waals surface area contributed by atoms with Crippen LogP contribution in [0.1, 0.15) is 11.3 Å². The van der Waals surface area contributed by atoms with Crippen LogP contribution in [0.25, 0.3) is 0 Å². The molecule has 0 radical (unpaired) electrons. The van der Waals surface area contributed by atoms with Crippen LogP contribution < -0.4 is 10.6 Å². The third-order valence-corrected chi connectivity index (χ3v) is 3.68. The molecule has 0 atom stereocenters. The second-order valence-electron chi connectivity index (χ2n) is 5.58. The van der Waals surface area contributed by atoms with Crippen LogP contribution in [-0.2, 0) is 13.1 Å². The molecule has 2 aromatic carbocycles. The predicted molar refractivity (Wildman–Crippen MR) is 92.2 cm³/mol. The molecule has 0 bridgehead atoms. The number of amides is 2. The van der Waals surface area contributed by atoms with E-state index in [1.807, 2.05) is 29.0 Å². The summed E-state index contributed by atoms with van der Waals surface area (Å²) in [6.07, 6.45) is 1.87. The molecule has 4 nitrogen and oxygen atoms in total. The van der Waals surface area contributed by atoms with Gasteiger partial charge in [-0.3, -0.25) is 0 Å². The van der Waals surface area contributed by atoms with Gasteiger partial charge in [0.05, 0.1) is 6.54 Å². The number of hydrogen-bond donors (Lipinski definition) is 2. The van der Waals surface area contributed by atoms with Crippen molar-refractivity contribution in [2.24, 2.45) is 0 Å². The zero-order valence-electron chi connectivity index (χ0n) is 13.4. The number of rotatable bonds is 5. The highest BCUT2D eigenvalue weighted by Gasteiger charge is 2.06. The van der Waals surface area contributed by atoms with Crippen LogP contribution in [0.2, 0.25) is 0 Å². The van der Waals surface area contributed by atoms with Crippen LogP contribution in [0.5, 0.6) is 0 Å². The summed E-state index contributed by atoms with van der Waals surface area (Å²) in [5, 5.41) is 5.30. The largest absolute Gasteiger partial charge is 0.345 e. The summed E-state index contributed by atoms with van der Waals surface area (Å²) >= 11 is 0. The van der Waals surface area contributed by atoms with Crippen molar-refractivity contribution in [3.63, 3.8) is 0 Å². The Morgan fingerprint density at radius 3 is 2.48 bits per heavy atom. The molecule has 1 aromatic heterocycles. The Kier molecular flexibility index (Phi) is 5.09. The summed E-state index contributed by atoms with van der Waals surface area (Å²) in [5.74, 6) is -0.694. The zero-order chi connectivity index (χ0) is 17.6. The molecule has 128 valence electrons. The first kappa shape index (κ1) is 16.7. The summed E-state index contributed by atoms with van der Waals surface area (Å²) in [6, 6.07) is 15.4. The number of benzene rings is 2. The highest BCUT2D eigenvalue weighted by Crippen LogP contribution is 2.11. The Balaban J connectivity index is 1.58. The van der Waals surface area contributed by atoms with Gasteiger partial charge in [0.25, 0.3) is 0 Å². The number of nitrogens with one attached hydrogen (secondary N) is 2. The molecule has 25 heavy (non-hydrogen) atoms. The first-order valence-corrected chi connectivity index (χ1v) is 7.79. The van der Waals surface area contributed by atoms with Gasteiger partial charge in [0.1, 0.15) is 11.6 Å². The molecule has 0 fully saturated rings. The quantitative estimate of drug-likeness (QED) is 0.720. The van der Waals surface area contributed by atoms with Crippen molar-refractivity contribution in [3.8, 4) is 0 Å². The molecule has 3 rings (SSSR count). The molecule has 0 aliphatic heterocycles. The van der Waals surface area contributed by atoms with Crippen molar-refractivity contribution in [2.45, 2.75) is 13.1 Å². The van der Waals surface area contributed by atoms with Crippen LogP contribution in [0.15, 0.2) is 66.9 Å². The van der Waals surface area contributed by atoms with E-state index in [4.69, 9.17) is 0 Å². The van der Waals surface area contributed by atoms with Crippen molar-refractivity contribution >= 4 is 11.7 Å². The number of aromatic nitrogens is 1. The maximum Gasteiger partial charge on any atom is 0.319 e. The first-order chi connectivity index (χ1) is 12.1. The first-order valence-electron chi connectivity index (χ1n) is 7.79. The third kappa shape index (κ3) is 4.67. The average Bonchev–Trinajstić information content (AvgIpc) is 3.00. The van der Waals surface area contributed by atoms with E-state index in [1.165, 1.54) is 30.3 Å². The van der Waals surface area contributed by atoms with E-state index in [1.54, 1.807) is 12.1 Å². The molecular weight excluding hydrogens is 324 g/mol. The van der Waals surface area contributed by atoms with Crippen molar-refractivity contribution in [1.29, 1.82) is 0 Å². The highest BCUT2D eigenvalue weighted by molar-refractivity contribution is 5.89. The van der Waals surface area contributed by atoms with E-state index < -0.39 is 11.8 Å². The second-order valence-corrected chi connectivity index (χ2v) is 5.58. The number of nitrogens with zero attached hydrogens (tertiary/aromatic N) is 1. The van der Waals surface area contributed by atoms with Gasteiger partial charge in [0.2, 0.25) is 0 Å². The van der Waals surface area contributed by atoms with Gasteiger partial charge in [0, 0.05) is 24.1 Å². The number of anilines is 1. The topological polar surface area (TPSA) is 46.1 Å². The van der Waals surface area contributed by atoms with Crippen LogP contribution >= 0.6 is 0 Å². The maximum absolute atomic E-state index is 13.3. The number of hydrogen-bond acceptors (Lipinski definition) is 1. The number of halogens is 2. The molecule has 0 saturated heterocycles. The summed E-state index contributed by atoms with van der Waals surface area (Å²) in [5.41, 5.74) is 2.09. The lowest BCUT2D eigenvalue weighted by Gasteiger charge is -2.11. The summed E-state index contributed by atoms with van der Waals surface area (Å²) in [6.45, 7) is 0.802. The monoisotopic (exact) mass is 341 g/mol. The molecule has 3 aromatic rings. The van der Waals surface area contributed by atoms with Crippen molar-refractivity contribution in [2.75, 3.05) is 5.32 Å². The van der Waals surface area contributed by atoms with E-state index in [0.29, 0.717) is 18.8 Å².